The largest absolute Gasteiger partial charge is 0.358 e. The maximum Gasteiger partial charge on any atom is 0.171 e. The average molecular weight is 292 g/mol. The van der Waals surface area contributed by atoms with Crippen molar-refractivity contribution in [1.29, 1.82) is 0 Å². The van der Waals surface area contributed by atoms with Gasteiger partial charge in [0.05, 0.1) is 0 Å². The van der Waals surface area contributed by atoms with E-state index in [1.165, 1.54) is 16.7 Å². The zero-order chi connectivity index (χ0) is 15.5. The van der Waals surface area contributed by atoms with Crippen molar-refractivity contribution in [2.24, 2.45) is 0 Å². The van der Waals surface area contributed by atoms with E-state index in [1.54, 1.807) is 0 Å². The molecule has 3 heteroatoms. The second-order valence-corrected chi connectivity index (χ2v) is 6.87. The quantitative estimate of drug-likeness (QED) is 0.772. The summed E-state index contributed by atoms with van der Waals surface area (Å²) in [5.74, 6) is 0.472. The summed E-state index contributed by atoms with van der Waals surface area (Å²) in [5, 5.41) is 7.50. The van der Waals surface area contributed by atoms with Crippen molar-refractivity contribution in [2.75, 3.05) is 5.32 Å². The number of benzene rings is 1. The summed E-state index contributed by atoms with van der Waals surface area (Å²) >= 11 is 5.48. The lowest BCUT2D eigenvalue weighted by atomic mass is 9.93. The van der Waals surface area contributed by atoms with Crippen molar-refractivity contribution in [1.82, 2.24) is 5.32 Å². The molecule has 1 rings (SSSR count). The minimum atomic E-state index is 0.0137. The van der Waals surface area contributed by atoms with Crippen LogP contribution in [0.25, 0.3) is 0 Å². The average Bonchev–Trinajstić information content (AvgIpc) is 2.32. The topological polar surface area (TPSA) is 24.1 Å². The normalized spacial score (nSPS) is 11.6. The molecule has 0 unspecified atom stereocenters. The van der Waals surface area contributed by atoms with Crippen LogP contribution in [0.1, 0.15) is 63.6 Å². The summed E-state index contributed by atoms with van der Waals surface area (Å²) in [6.07, 6.45) is 1.03. The molecule has 0 atom stereocenters. The van der Waals surface area contributed by atoms with E-state index in [2.05, 4.69) is 71.2 Å². The van der Waals surface area contributed by atoms with Crippen LogP contribution in [-0.2, 0) is 0 Å². The molecule has 0 fully saturated rings. The molecule has 0 heterocycles. The summed E-state index contributed by atoms with van der Waals surface area (Å²) < 4.78 is 0. The molecular weight excluding hydrogens is 264 g/mol. The Morgan fingerprint density at radius 3 is 2.25 bits per heavy atom. The van der Waals surface area contributed by atoms with Crippen LogP contribution in [0, 0.1) is 13.8 Å². The molecular formula is C17H28N2S. The van der Waals surface area contributed by atoms with Crippen LogP contribution < -0.4 is 10.6 Å². The van der Waals surface area contributed by atoms with E-state index < -0.39 is 0 Å². The van der Waals surface area contributed by atoms with Gasteiger partial charge in [-0.2, -0.15) is 0 Å². The summed E-state index contributed by atoms with van der Waals surface area (Å²) in [6, 6.07) is 4.33. The van der Waals surface area contributed by atoms with Crippen molar-refractivity contribution in [3.05, 3.63) is 28.8 Å². The Morgan fingerprint density at radius 2 is 1.75 bits per heavy atom. The first kappa shape index (κ1) is 17.0. The molecule has 0 radical (unpaired) electrons. The van der Waals surface area contributed by atoms with E-state index in [9.17, 15) is 0 Å². The molecule has 0 aromatic heterocycles. The number of aryl methyl sites for hydroxylation is 2. The molecule has 0 saturated heterocycles. The van der Waals surface area contributed by atoms with E-state index in [1.807, 2.05) is 0 Å². The zero-order valence-corrected chi connectivity index (χ0v) is 14.7. The van der Waals surface area contributed by atoms with Gasteiger partial charge in [0.2, 0.25) is 0 Å². The van der Waals surface area contributed by atoms with Crippen molar-refractivity contribution in [3.63, 3.8) is 0 Å². The van der Waals surface area contributed by atoms with Gasteiger partial charge in [-0.3, -0.25) is 0 Å². The van der Waals surface area contributed by atoms with Gasteiger partial charge in [0.1, 0.15) is 0 Å². The van der Waals surface area contributed by atoms with Crippen LogP contribution in [-0.4, -0.2) is 10.7 Å². The first-order chi connectivity index (χ1) is 9.18. The van der Waals surface area contributed by atoms with Gasteiger partial charge in [0, 0.05) is 11.2 Å². The van der Waals surface area contributed by atoms with Gasteiger partial charge in [0.25, 0.3) is 0 Å². The Morgan fingerprint density at radius 1 is 1.20 bits per heavy atom. The number of anilines is 1. The van der Waals surface area contributed by atoms with E-state index in [-0.39, 0.29) is 5.54 Å². The minimum absolute atomic E-state index is 0.0137. The Labute approximate surface area is 129 Å². The third-order valence-electron chi connectivity index (χ3n) is 3.82. The van der Waals surface area contributed by atoms with E-state index in [4.69, 9.17) is 12.2 Å². The third kappa shape index (κ3) is 4.20. The molecule has 20 heavy (non-hydrogen) atoms. The van der Waals surface area contributed by atoms with Crippen molar-refractivity contribution >= 4 is 23.0 Å². The van der Waals surface area contributed by atoms with Gasteiger partial charge in [-0.25, -0.2) is 0 Å². The molecule has 0 aliphatic carbocycles. The van der Waals surface area contributed by atoms with Crippen molar-refractivity contribution < 1.29 is 0 Å². The van der Waals surface area contributed by atoms with E-state index in [0.29, 0.717) is 11.0 Å². The number of nitrogens with one attached hydrogen (secondary N) is 2. The second kappa shape index (κ2) is 6.57. The zero-order valence-electron chi connectivity index (χ0n) is 13.8. The van der Waals surface area contributed by atoms with Crippen LogP contribution in [0.5, 0.6) is 0 Å². The smallest absolute Gasteiger partial charge is 0.171 e. The Bertz CT molecular complexity index is 490. The number of thiocarbonyl (C=S) groups is 1. The highest BCUT2D eigenvalue weighted by molar-refractivity contribution is 7.80. The lowest BCUT2D eigenvalue weighted by Crippen LogP contribution is -2.45. The van der Waals surface area contributed by atoms with Crippen LogP contribution >= 0.6 is 12.2 Å². The van der Waals surface area contributed by atoms with E-state index >= 15 is 0 Å². The molecule has 0 saturated carbocycles. The summed E-state index contributed by atoms with van der Waals surface area (Å²) in [6.45, 7) is 15.2. The van der Waals surface area contributed by atoms with Gasteiger partial charge in [-0.1, -0.05) is 32.9 Å². The SMILES string of the molecule is CCC(C)(C)NC(=S)Nc1c(C)ccc(C)c1C(C)C. The number of rotatable bonds is 4. The molecule has 0 amide bonds. The van der Waals surface area contributed by atoms with Gasteiger partial charge in [0.15, 0.2) is 5.11 Å². The first-order valence-electron chi connectivity index (χ1n) is 7.37. The monoisotopic (exact) mass is 292 g/mol. The molecule has 112 valence electrons. The maximum absolute atomic E-state index is 5.48. The van der Waals surface area contributed by atoms with Crippen molar-refractivity contribution in [2.45, 2.75) is 66.3 Å². The fraction of sp³-hybridized carbons (Fsp3) is 0.588. The highest BCUT2D eigenvalue weighted by atomic mass is 32.1. The number of hydrogen-bond donors (Lipinski definition) is 2. The van der Waals surface area contributed by atoms with Crippen LogP contribution in [0.15, 0.2) is 12.1 Å². The molecule has 1 aromatic rings. The molecule has 2 N–H and O–H groups in total. The van der Waals surface area contributed by atoms with Crippen LogP contribution in [0.2, 0.25) is 0 Å². The number of hydrogen-bond acceptors (Lipinski definition) is 1. The van der Waals surface area contributed by atoms with E-state index in [0.717, 1.165) is 12.1 Å². The van der Waals surface area contributed by atoms with Gasteiger partial charge in [-0.15, -0.1) is 0 Å². The summed E-state index contributed by atoms with van der Waals surface area (Å²) in [4.78, 5) is 0. The highest BCUT2D eigenvalue weighted by Crippen LogP contribution is 2.30. The lowest BCUT2D eigenvalue weighted by molar-refractivity contribution is 0.448. The van der Waals surface area contributed by atoms with Crippen LogP contribution in [0.3, 0.4) is 0 Å². The minimum Gasteiger partial charge on any atom is -0.358 e. The Kier molecular flexibility index (Phi) is 5.58. The molecule has 0 bridgehead atoms. The Hall–Kier alpha value is -1.09. The van der Waals surface area contributed by atoms with Crippen molar-refractivity contribution in [3.8, 4) is 0 Å². The fourth-order valence-electron chi connectivity index (χ4n) is 2.28. The molecule has 1 aromatic carbocycles. The van der Waals surface area contributed by atoms with Gasteiger partial charge >= 0.3 is 0 Å². The lowest BCUT2D eigenvalue weighted by Gasteiger charge is -2.28. The highest BCUT2D eigenvalue weighted by Gasteiger charge is 2.18. The fourth-order valence-corrected chi connectivity index (χ4v) is 2.66. The predicted octanol–water partition coefficient (Wildman–Crippen LogP) is 4.90. The maximum atomic E-state index is 5.48. The van der Waals surface area contributed by atoms with Gasteiger partial charge in [-0.05, 0) is 68.9 Å². The summed E-state index contributed by atoms with van der Waals surface area (Å²) in [7, 11) is 0. The molecule has 0 aliphatic heterocycles. The third-order valence-corrected chi connectivity index (χ3v) is 4.03. The molecule has 2 nitrogen and oxygen atoms in total. The standard InChI is InChI=1S/C17H28N2S/c1-8-17(6,7)19-16(20)18-15-13(5)10-9-12(4)14(15)11(2)3/h9-11H,8H2,1-7H3,(H2,18,19,20). The summed E-state index contributed by atoms with van der Waals surface area (Å²) in [5.41, 5.74) is 5.07. The van der Waals surface area contributed by atoms with Crippen LogP contribution in [0.4, 0.5) is 5.69 Å². The predicted molar refractivity (Wildman–Crippen MR) is 93.7 cm³/mol. The molecule has 0 spiro atoms. The van der Waals surface area contributed by atoms with Gasteiger partial charge < -0.3 is 10.6 Å². The second-order valence-electron chi connectivity index (χ2n) is 6.46. The first-order valence-corrected chi connectivity index (χ1v) is 7.78. The molecule has 0 aliphatic rings. The Balaban J connectivity index is 3.03.